The summed E-state index contributed by atoms with van der Waals surface area (Å²) in [4.78, 5) is 0.807. The highest BCUT2D eigenvalue weighted by atomic mass is 32.2. The fraction of sp³-hybridized carbons (Fsp3) is 0.400. The summed E-state index contributed by atoms with van der Waals surface area (Å²) < 4.78 is 12.5. The minimum atomic E-state index is 0.690. The third-order valence-corrected chi connectivity index (χ3v) is 5.37. The van der Waals surface area contributed by atoms with Crippen molar-refractivity contribution in [3.63, 3.8) is 0 Å². The van der Waals surface area contributed by atoms with E-state index in [0.29, 0.717) is 11.5 Å². The van der Waals surface area contributed by atoms with Gasteiger partial charge in [-0.3, -0.25) is 0 Å². The molecule has 6 nitrogen and oxygen atoms in total. The third-order valence-electron chi connectivity index (χ3n) is 3.27. The Kier molecular flexibility index (Phi) is 5.02. The SMILES string of the molecule is CCCSCc1nnc2sc(-c3ccc(OC)c(OC)c3)nn12. The quantitative estimate of drug-likeness (QED) is 0.608. The van der Waals surface area contributed by atoms with Crippen LogP contribution in [0.1, 0.15) is 19.2 Å². The first-order valence-electron chi connectivity index (χ1n) is 7.28. The fourth-order valence-corrected chi connectivity index (χ4v) is 3.79. The molecule has 0 saturated carbocycles. The maximum Gasteiger partial charge on any atom is 0.235 e. The van der Waals surface area contributed by atoms with Crippen LogP contribution in [0.5, 0.6) is 11.5 Å². The van der Waals surface area contributed by atoms with Gasteiger partial charge in [-0.15, -0.1) is 10.2 Å². The summed E-state index contributed by atoms with van der Waals surface area (Å²) in [5.74, 6) is 4.22. The predicted octanol–water partition coefficient (Wildman–Crippen LogP) is 3.51. The number of nitrogens with zero attached hydrogens (tertiary/aromatic N) is 4. The summed E-state index contributed by atoms with van der Waals surface area (Å²) in [6.45, 7) is 2.17. The predicted molar refractivity (Wildman–Crippen MR) is 93.7 cm³/mol. The van der Waals surface area contributed by atoms with Gasteiger partial charge in [0.15, 0.2) is 17.3 Å². The molecule has 2 heterocycles. The Morgan fingerprint density at radius 3 is 2.74 bits per heavy atom. The van der Waals surface area contributed by atoms with Gasteiger partial charge in [-0.25, -0.2) is 0 Å². The molecule has 0 atom stereocenters. The van der Waals surface area contributed by atoms with E-state index in [1.54, 1.807) is 14.2 Å². The van der Waals surface area contributed by atoms with Crippen LogP contribution in [0.2, 0.25) is 0 Å². The molecule has 0 aliphatic rings. The van der Waals surface area contributed by atoms with Crippen molar-refractivity contribution in [2.75, 3.05) is 20.0 Å². The molecule has 8 heteroatoms. The van der Waals surface area contributed by atoms with E-state index in [1.165, 1.54) is 11.3 Å². The summed E-state index contributed by atoms with van der Waals surface area (Å²) in [7, 11) is 3.25. The lowest BCUT2D eigenvalue weighted by Gasteiger charge is -2.07. The molecule has 0 saturated heterocycles. The number of fused-ring (bicyclic) bond motifs is 1. The van der Waals surface area contributed by atoms with Crippen LogP contribution in [0, 0.1) is 0 Å². The van der Waals surface area contributed by atoms with E-state index in [2.05, 4.69) is 22.2 Å². The number of aromatic nitrogens is 4. The Balaban J connectivity index is 1.91. The number of hydrogen-bond donors (Lipinski definition) is 0. The van der Waals surface area contributed by atoms with Crippen molar-refractivity contribution < 1.29 is 9.47 Å². The summed E-state index contributed by atoms with van der Waals surface area (Å²) in [6.07, 6.45) is 1.15. The van der Waals surface area contributed by atoms with Gasteiger partial charge in [0.25, 0.3) is 0 Å². The average molecular weight is 350 g/mol. The normalized spacial score (nSPS) is 11.1. The van der Waals surface area contributed by atoms with Crippen molar-refractivity contribution in [1.82, 2.24) is 19.8 Å². The molecule has 0 aliphatic heterocycles. The van der Waals surface area contributed by atoms with Gasteiger partial charge >= 0.3 is 0 Å². The van der Waals surface area contributed by atoms with Gasteiger partial charge in [0.2, 0.25) is 4.96 Å². The standard InChI is InChI=1S/C15H18N4O2S2/c1-4-7-22-9-13-16-17-15-19(13)18-14(23-15)10-5-6-11(20-2)12(8-10)21-3/h5-6,8H,4,7,9H2,1-3H3. The summed E-state index contributed by atoms with van der Waals surface area (Å²) in [5.41, 5.74) is 0.977. The Labute approximate surface area is 142 Å². The number of thioether (sulfide) groups is 1. The molecule has 23 heavy (non-hydrogen) atoms. The van der Waals surface area contributed by atoms with Gasteiger partial charge in [-0.2, -0.15) is 21.4 Å². The first-order chi connectivity index (χ1) is 11.3. The summed E-state index contributed by atoms with van der Waals surface area (Å²) in [5, 5.41) is 14.0. The highest BCUT2D eigenvalue weighted by Crippen LogP contribution is 2.34. The van der Waals surface area contributed by atoms with Gasteiger partial charge in [-0.1, -0.05) is 18.3 Å². The molecule has 2 aromatic heterocycles. The number of methoxy groups -OCH3 is 2. The van der Waals surface area contributed by atoms with Crippen molar-refractivity contribution in [1.29, 1.82) is 0 Å². The molecule has 0 aliphatic carbocycles. The fourth-order valence-electron chi connectivity index (χ4n) is 2.14. The molecule has 122 valence electrons. The molecule has 1 aromatic carbocycles. The van der Waals surface area contributed by atoms with Crippen molar-refractivity contribution in [3.8, 4) is 22.1 Å². The third kappa shape index (κ3) is 3.28. The molecule has 0 amide bonds. The minimum Gasteiger partial charge on any atom is -0.493 e. The van der Waals surface area contributed by atoms with E-state index in [-0.39, 0.29) is 0 Å². The van der Waals surface area contributed by atoms with E-state index >= 15 is 0 Å². The summed E-state index contributed by atoms with van der Waals surface area (Å²) in [6, 6.07) is 5.78. The largest absolute Gasteiger partial charge is 0.493 e. The molecule has 0 radical (unpaired) electrons. The van der Waals surface area contributed by atoms with Gasteiger partial charge in [-0.05, 0) is 30.4 Å². The van der Waals surface area contributed by atoms with Gasteiger partial charge in [0.05, 0.1) is 20.0 Å². The minimum absolute atomic E-state index is 0.690. The Bertz CT molecular complexity index is 800. The van der Waals surface area contributed by atoms with E-state index in [0.717, 1.165) is 39.3 Å². The average Bonchev–Trinajstić information content (AvgIpc) is 3.16. The lowest BCUT2D eigenvalue weighted by Crippen LogP contribution is -1.95. The molecule has 3 rings (SSSR count). The zero-order chi connectivity index (χ0) is 16.2. The highest BCUT2D eigenvalue weighted by Gasteiger charge is 2.14. The zero-order valence-corrected chi connectivity index (χ0v) is 14.9. The van der Waals surface area contributed by atoms with E-state index in [9.17, 15) is 0 Å². The van der Waals surface area contributed by atoms with Crippen LogP contribution in [-0.4, -0.2) is 39.8 Å². The van der Waals surface area contributed by atoms with Crippen molar-refractivity contribution in [3.05, 3.63) is 24.0 Å². The molecule has 0 fully saturated rings. The number of rotatable bonds is 7. The van der Waals surface area contributed by atoms with Crippen LogP contribution >= 0.6 is 23.1 Å². The van der Waals surface area contributed by atoms with Gasteiger partial charge in [0, 0.05) is 5.56 Å². The van der Waals surface area contributed by atoms with Gasteiger partial charge < -0.3 is 9.47 Å². The Hall–Kier alpha value is -1.80. The lowest BCUT2D eigenvalue weighted by molar-refractivity contribution is 0.355. The topological polar surface area (TPSA) is 61.5 Å². The van der Waals surface area contributed by atoms with Crippen LogP contribution in [0.4, 0.5) is 0 Å². The molecule has 0 bridgehead atoms. The summed E-state index contributed by atoms with van der Waals surface area (Å²) >= 11 is 3.36. The molecule has 3 aromatic rings. The second kappa shape index (κ2) is 7.18. The maximum absolute atomic E-state index is 5.36. The Morgan fingerprint density at radius 1 is 1.17 bits per heavy atom. The monoisotopic (exact) mass is 350 g/mol. The van der Waals surface area contributed by atoms with Crippen LogP contribution in [0.15, 0.2) is 18.2 Å². The molecule has 0 N–H and O–H groups in total. The van der Waals surface area contributed by atoms with E-state index in [1.807, 2.05) is 34.5 Å². The lowest BCUT2D eigenvalue weighted by atomic mass is 10.2. The van der Waals surface area contributed by atoms with Crippen LogP contribution < -0.4 is 9.47 Å². The van der Waals surface area contributed by atoms with Gasteiger partial charge in [0.1, 0.15) is 5.01 Å². The molecular formula is C15H18N4O2S2. The van der Waals surface area contributed by atoms with E-state index in [4.69, 9.17) is 9.47 Å². The van der Waals surface area contributed by atoms with Crippen molar-refractivity contribution >= 4 is 28.1 Å². The van der Waals surface area contributed by atoms with E-state index < -0.39 is 0 Å². The maximum atomic E-state index is 5.36. The molecule has 0 spiro atoms. The number of hydrogen-bond acceptors (Lipinski definition) is 7. The first-order valence-corrected chi connectivity index (χ1v) is 9.25. The molecular weight excluding hydrogens is 332 g/mol. The van der Waals surface area contributed by atoms with Crippen molar-refractivity contribution in [2.24, 2.45) is 0 Å². The molecule has 0 unspecified atom stereocenters. The van der Waals surface area contributed by atoms with Crippen molar-refractivity contribution in [2.45, 2.75) is 19.1 Å². The zero-order valence-electron chi connectivity index (χ0n) is 13.3. The first kappa shape index (κ1) is 16.1. The second-order valence-electron chi connectivity index (χ2n) is 4.84. The van der Waals surface area contributed by atoms with Crippen LogP contribution in [0.25, 0.3) is 15.5 Å². The number of ether oxygens (including phenoxy) is 2. The number of benzene rings is 1. The van der Waals surface area contributed by atoms with Crippen LogP contribution in [-0.2, 0) is 5.75 Å². The highest BCUT2D eigenvalue weighted by molar-refractivity contribution is 7.98. The Morgan fingerprint density at radius 2 is 2.00 bits per heavy atom. The smallest absolute Gasteiger partial charge is 0.235 e. The van der Waals surface area contributed by atoms with Crippen LogP contribution in [0.3, 0.4) is 0 Å². The second-order valence-corrected chi connectivity index (χ2v) is 6.90.